The lowest BCUT2D eigenvalue weighted by Gasteiger charge is -2.15. The van der Waals surface area contributed by atoms with Gasteiger partial charge in [0, 0.05) is 10.6 Å². The normalized spacial score (nSPS) is 11.5. The van der Waals surface area contributed by atoms with E-state index in [-0.39, 0.29) is 0 Å². The molecule has 0 radical (unpaired) electrons. The molecular formula is C12H9Cl2OPS. The topological polar surface area (TPSA) is 17.1 Å². The van der Waals surface area contributed by atoms with Crippen LogP contribution in [0.2, 0.25) is 10.0 Å². The molecular weight excluding hydrogens is 294 g/mol. The van der Waals surface area contributed by atoms with E-state index in [4.69, 9.17) is 23.2 Å². The fraction of sp³-hybridized carbons (Fsp3) is 0. The maximum atomic E-state index is 12.8. The molecule has 2 rings (SSSR count). The summed E-state index contributed by atoms with van der Waals surface area (Å²) in [6.45, 7) is 0. The van der Waals surface area contributed by atoms with E-state index in [0.717, 1.165) is 0 Å². The Kier molecular flexibility index (Phi) is 3.89. The number of thiol groups is 1. The largest absolute Gasteiger partial charge is 0.302 e. The summed E-state index contributed by atoms with van der Waals surface area (Å²) in [5.41, 5.74) is 0. The summed E-state index contributed by atoms with van der Waals surface area (Å²) in [4.78, 5) is 0. The Labute approximate surface area is 115 Å². The molecule has 0 saturated carbocycles. The zero-order valence-electron chi connectivity index (χ0n) is 8.68. The van der Waals surface area contributed by atoms with E-state index in [0.29, 0.717) is 20.7 Å². The van der Waals surface area contributed by atoms with E-state index in [9.17, 15) is 4.57 Å². The molecule has 2 aromatic carbocycles. The van der Waals surface area contributed by atoms with E-state index >= 15 is 0 Å². The molecule has 88 valence electrons. The van der Waals surface area contributed by atoms with Crippen LogP contribution in [0.5, 0.6) is 0 Å². The Morgan fingerprint density at radius 2 is 1.18 bits per heavy atom. The monoisotopic (exact) mass is 302 g/mol. The minimum absolute atomic E-state index is 0.436. The summed E-state index contributed by atoms with van der Waals surface area (Å²) in [5.74, 6) is 0. The van der Waals surface area contributed by atoms with Gasteiger partial charge in [-0.25, -0.2) is 0 Å². The highest BCUT2D eigenvalue weighted by Crippen LogP contribution is 2.51. The van der Waals surface area contributed by atoms with Crippen molar-refractivity contribution < 1.29 is 4.57 Å². The summed E-state index contributed by atoms with van der Waals surface area (Å²) in [5, 5.41) is 1.90. The van der Waals surface area contributed by atoms with Gasteiger partial charge in [-0.3, -0.25) is 0 Å². The molecule has 0 N–H and O–H groups in total. The maximum absolute atomic E-state index is 12.8. The van der Waals surface area contributed by atoms with Crippen molar-refractivity contribution in [1.82, 2.24) is 0 Å². The molecule has 1 nitrogen and oxygen atoms in total. The molecule has 0 aromatic heterocycles. The minimum atomic E-state index is -3.04. The van der Waals surface area contributed by atoms with Gasteiger partial charge in [0.15, 0.2) is 6.34 Å². The van der Waals surface area contributed by atoms with Gasteiger partial charge in [0.1, 0.15) is 0 Å². The SMILES string of the molecule is O=P(S)(c1ccccc1Cl)c1ccccc1Cl. The van der Waals surface area contributed by atoms with Crippen LogP contribution in [0.4, 0.5) is 0 Å². The molecule has 0 amide bonds. The standard InChI is InChI=1S/C12H9Cl2OPS/c13-9-5-1-3-7-11(9)16(15,17)12-8-4-2-6-10(12)14/h1-8H,(H,15,17). The van der Waals surface area contributed by atoms with Crippen molar-refractivity contribution in [1.29, 1.82) is 0 Å². The second kappa shape index (κ2) is 5.07. The fourth-order valence-corrected chi connectivity index (χ4v) is 5.47. The third-order valence-corrected chi connectivity index (χ3v) is 6.66. The summed E-state index contributed by atoms with van der Waals surface area (Å²) >= 11 is 16.4. The minimum Gasteiger partial charge on any atom is -0.302 e. The van der Waals surface area contributed by atoms with Crippen LogP contribution in [0.25, 0.3) is 0 Å². The third-order valence-electron chi connectivity index (χ3n) is 2.36. The summed E-state index contributed by atoms with van der Waals surface area (Å²) < 4.78 is 12.8. The van der Waals surface area contributed by atoms with Gasteiger partial charge in [0.2, 0.25) is 0 Å². The van der Waals surface area contributed by atoms with E-state index in [1.165, 1.54) is 0 Å². The van der Waals surface area contributed by atoms with Crippen molar-refractivity contribution >= 4 is 52.4 Å². The van der Waals surface area contributed by atoms with E-state index in [1.807, 2.05) is 0 Å². The van der Waals surface area contributed by atoms with Crippen molar-refractivity contribution in [2.75, 3.05) is 0 Å². The Hall–Kier alpha value is -0.400. The molecule has 0 heterocycles. The molecule has 17 heavy (non-hydrogen) atoms. The van der Waals surface area contributed by atoms with E-state index < -0.39 is 6.34 Å². The zero-order chi connectivity index (χ0) is 12.5. The second-order valence-electron chi connectivity index (χ2n) is 3.48. The number of hydrogen-bond acceptors (Lipinski definition) is 1. The van der Waals surface area contributed by atoms with Crippen molar-refractivity contribution in [2.24, 2.45) is 0 Å². The summed E-state index contributed by atoms with van der Waals surface area (Å²) in [6, 6.07) is 13.9. The predicted octanol–water partition coefficient (Wildman–Crippen LogP) is 4.15. The van der Waals surface area contributed by atoms with Crippen molar-refractivity contribution in [3.8, 4) is 0 Å². The van der Waals surface area contributed by atoms with Crippen LogP contribution in [0.1, 0.15) is 0 Å². The average Bonchev–Trinajstić information content (AvgIpc) is 2.29. The second-order valence-corrected chi connectivity index (χ2v) is 8.10. The lowest BCUT2D eigenvalue weighted by molar-refractivity contribution is 0.596. The lowest BCUT2D eigenvalue weighted by atomic mass is 10.4. The summed E-state index contributed by atoms with van der Waals surface area (Å²) in [6.07, 6.45) is -3.04. The first-order chi connectivity index (χ1) is 8.03. The van der Waals surface area contributed by atoms with Crippen LogP contribution >= 0.6 is 41.8 Å². The van der Waals surface area contributed by atoms with Crippen LogP contribution < -0.4 is 10.6 Å². The quantitative estimate of drug-likeness (QED) is 0.651. The van der Waals surface area contributed by atoms with E-state index in [1.54, 1.807) is 48.5 Å². The number of hydrogen-bond donors (Lipinski definition) is 1. The first-order valence-electron chi connectivity index (χ1n) is 4.86. The molecule has 0 atom stereocenters. The van der Waals surface area contributed by atoms with Gasteiger partial charge in [0.25, 0.3) is 0 Å². The van der Waals surface area contributed by atoms with Crippen LogP contribution in [0, 0.1) is 0 Å². The van der Waals surface area contributed by atoms with Gasteiger partial charge >= 0.3 is 0 Å². The van der Waals surface area contributed by atoms with Crippen LogP contribution in [-0.4, -0.2) is 0 Å². The molecule has 0 spiro atoms. The van der Waals surface area contributed by atoms with Crippen molar-refractivity contribution in [2.45, 2.75) is 0 Å². The van der Waals surface area contributed by atoms with Gasteiger partial charge in [0.05, 0.1) is 10.0 Å². The van der Waals surface area contributed by atoms with Gasteiger partial charge in [-0.1, -0.05) is 47.5 Å². The Balaban J connectivity index is 2.63. The Morgan fingerprint density at radius 1 is 0.824 bits per heavy atom. The van der Waals surface area contributed by atoms with Gasteiger partial charge in [-0.05, 0) is 24.3 Å². The highest BCUT2D eigenvalue weighted by molar-refractivity contribution is 8.53. The zero-order valence-corrected chi connectivity index (χ0v) is 12.0. The molecule has 0 bridgehead atoms. The average molecular weight is 303 g/mol. The molecule has 0 unspecified atom stereocenters. The Bertz CT molecular complexity index is 551. The first kappa shape index (κ1) is 13.0. The number of rotatable bonds is 2. The molecule has 2 aromatic rings. The third kappa shape index (κ3) is 2.56. The molecule has 0 aliphatic rings. The summed E-state index contributed by atoms with van der Waals surface area (Å²) in [7, 11) is 0. The maximum Gasteiger partial charge on any atom is 0.195 e. The van der Waals surface area contributed by atoms with Crippen molar-refractivity contribution in [3.63, 3.8) is 0 Å². The van der Waals surface area contributed by atoms with Gasteiger partial charge in [-0.15, -0.1) is 12.2 Å². The predicted molar refractivity (Wildman–Crippen MR) is 78.8 cm³/mol. The number of halogens is 2. The molecule has 0 fully saturated rings. The van der Waals surface area contributed by atoms with Crippen LogP contribution in [-0.2, 0) is 4.57 Å². The highest BCUT2D eigenvalue weighted by Gasteiger charge is 2.26. The fourth-order valence-electron chi connectivity index (χ4n) is 1.52. The molecule has 0 saturated heterocycles. The number of benzene rings is 2. The highest BCUT2D eigenvalue weighted by atomic mass is 35.5. The van der Waals surface area contributed by atoms with E-state index in [2.05, 4.69) is 12.2 Å². The Morgan fingerprint density at radius 3 is 1.53 bits per heavy atom. The molecule has 0 aliphatic heterocycles. The van der Waals surface area contributed by atoms with Crippen LogP contribution in [0.15, 0.2) is 48.5 Å². The first-order valence-corrected chi connectivity index (χ1v) is 8.48. The van der Waals surface area contributed by atoms with Gasteiger partial charge < -0.3 is 4.57 Å². The van der Waals surface area contributed by atoms with Gasteiger partial charge in [-0.2, -0.15) is 0 Å². The molecule has 5 heteroatoms. The van der Waals surface area contributed by atoms with Crippen LogP contribution in [0.3, 0.4) is 0 Å². The smallest absolute Gasteiger partial charge is 0.195 e. The van der Waals surface area contributed by atoms with Crippen molar-refractivity contribution in [3.05, 3.63) is 58.6 Å². The lowest BCUT2D eigenvalue weighted by Crippen LogP contribution is -2.14. The molecule has 0 aliphatic carbocycles.